The molecular weight excluding hydrogens is 222 g/mol. The van der Waals surface area contributed by atoms with Gasteiger partial charge in [0.05, 0.1) is 12.0 Å². The second-order valence-corrected chi connectivity index (χ2v) is 3.42. The summed E-state index contributed by atoms with van der Waals surface area (Å²) in [7, 11) is 0. The van der Waals surface area contributed by atoms with Crippen LogP contribution in [-0.2, 0) is 11.2 Å². The maximum atomic E-state index is 10.9. The fourth-order valence-electron chi connectivity index (χ4n) is 1.41. The number of carboxylic acids is 2. The first-order chi connectivity index (χ1) is 8.04. The SMILES string of the molecule is C=CCNc1ccc(C(=O)O)c(CC(=O)O)c1. The van der Waals surface area contributed by atoms with Crippen molar-refractivity contribution in [3.05, 3.63) is 42.0 Å². The minimum atomic E-state index is -1.13. The van der Waals surface area contributed by atoms with Crippen molar-refractivity contribution in [1.29, 1.82) is 0 Å². The first-order valence-corrected chi connectivity index (χ1v) is 4.97. The molecule has 0 spiro atoms. The molecule has 5 heteroatoms. The maximum absolute atomic E-state index is 10.9. The van der Waals surface area contributed by atoms with Crippen molar-refractivity contribution in [2.24, 2.45) is 0 Å². The smallest absolute Gasteiger partial charge is 0.335 e. The monoisotopic (exact) mass is 235 g/mol. The van der Waals surface area contributed by atoms with Gasteiger partial charge in [-0.05, 0) is 23.8 Å². The number of benzene rings is 1. The summed E-state index contributed by atoms with van der Waals surface area (Å²) in [6.07, 6.45) is 1.34. The Kier molecular flexibility index (Phi) is 4.28. The molecule has 0 aliphatic heterocycles. The van der Waals surface area contributed by atoms with Gasteiger partial charge in [0.1, 0.15) is 0 Å². The van der Waals surface area contributed by atoms with Gasteiger partial charge in [-0.25, -0.2) is 4.79 Å². The molecule has 0 saturated carbocycles. The molecule has 1 aromatic rings. The summed E-state index contributed by atoms with van der Waals surface area (Å²) in [6.45, 7) is 4.07. The van der Waals surface area contributed by atoms with Crippen LogP contribution in [0.15, 0.2) is 30.9 Å². The molecule has 0 bridgehead atoms. The summed E-state index contributed by atoms with van der Waals surface area (Å²) in [5, 5.41) is 20.6. The third kappa shape index (κ3) is 3.64. The van der Waals surface area contributed by atoms with Gasteiger partial charge in [-0.2, -0.15) is 0 Å². The van der Waals surface area contributed by atoms with E-state index in [0.29, 0.717) is 12.2 Å². The molecule has 0 amide bonds. The Morgan fingerprint density at radius 2 is 2.06 bits per heavy atom. The van der Waals surface area contributed by atoms with Crippen molar-refractivity contribution in [1.82, 2.24) is 0 Å². The topological polar surface area (TPSA) is 86.6 Å². The Bertz CT molecular complexity index is 454. The van der Waals surface area contributed by atoms with Crippen LogP contribution in [0.3, 0.4) is 0 Å². The van der Waals surface area contributed by atoms with Crippen LogP contribution in [0.1, 0.15) is 15.9 Å². The fourth-order valence-corrected chi connectivity index (χ4v) is 1.41. The van der Waals surface area contributed by atoms with E-state index in [4.69, 9.17) is 10.2 Å². The van der Waals surface area contributed by atoms with Gasteiger partial charge < -0.3 is 15.5 Å². The largest absolute Gasteiger partial charge is 0.481 e. The highest BCUT2D eigenvalue weighted by atomic mass is 16.4. The maximum Gasteiger partial charge on any atom is 0.335 e. The molecule has 0 fully saturated rings. The first kappa shape index (κ1) is 12.8. The zero-order valence-electron chi connectivity index (χ0n) is 9.14. The number of carboxylic acid groups (broad SMARTS) is 2. The highest BCUT2D eigenvalue weighted by Gasteiger charge is 2.13. The van der Waals surface area contributed by atoms with Crippen LogP contribution in [-0.4, -0.2) is 28.7 Å². The van der Waals surface area contributed by atoms with Gasteiger partial charge in [-0.3, -0.25) is 4.79 Å². The van der Waals surface area contributed by atoms with Crippen molar-refractivity contribution >= 4 is 17.6 Å². The number of aliphatic carboxylic acids is 1. The van der Waals surface area contributed by atoms with Gasteiger partial charge >= 0.3 is 11.9 Å². The highest BCUT2D eigenvalue weighted by molar-refractivity contribution is 5.91. The molecule has 0 atom stereocenters. The lowest BCUT2D eigenvalue weighted by Crippen LogP contribution is -2.09. The molecule has 0 saturated heterocycles. The third-order valence-electron chi connectivity index (χ3n) is 2.13. The molecule has 0 aliphatic carbocycles. The number of aromatic carboxylic acids is 1. The summed E-state index contributed by atoms with van der Waals surface area (Å²) in [5.41, 5.74) is 0.960. The average molecular weight is 235 g/mol. The zero-order valence-corrected chi connectivity index (χ0v) is 9.14. The second-order valence-electron chi connectivity index (χ2n) is 3.42. The van der Waals surface area contributed by atoms with Gasteiger partial charge in [-0.15, -0.1) is 6.58 Å². The molecule has 1 aromatic carbocycles. The lowest BCUT2D eigenvalue weighted by molar-refractivity contribution is -0.136. The number of nitrogens with one attached hydrogen (secondary N) is 1. The number of hydrogen-bond acceptors (Lipinski definition) is 3. The Hall–Kier alpha value is -2.30. The Morgan fingerprint density at radius 3 is 2.59 bits per heavy atom. The Morgan fingerprint density at radius 1 is 1.35 bits per heavy atom. The predicted octanol–water partition coefficient (Wildman–Crippen LogP) is 1.61. The molecule has 1 rings (SSSR count). The standard InChI is InChI=1S/C12H13NO4/c1-2-5-13-9-3-4-10(12(16)17)8(6-9)7-11(14)15/h2-4,6,13H,1,5,7H2,(H,14,15)(H,16,17). The number of anilines is 1. The van der Waals surface area contributed by atoms with Gasteiger partial charge in [-0.1, -0.05) is 6.08 Å². The van der Waals surface area contributed by atoms with E-state index in [-0.39, 0.29) is 17.5 Å². The van der Waals surface area contributed by atoms with E-state index in [9.17, 15) is 9.59 Å². The lowest BCUT2D eigenvalue weighted by Gasteiger charge is -2.08. The van der Waals surface area contributed by atoms with E-state index < -0.39 is 11.9 Å². The van der Waals surface area contributed by atoms with E-state index in [1.807, 2.05) is 0 Å². The van der Waals surface area contributed by atoms with Gasteiger partial charge in [0.2, 0.25) is 0 Å². The second kappa shape index (κ2) is 5.69. The number of carbonyl (C=O) groups is 2. The molecule has 0 radical (unpaired) electrons. The van der Waals surface area contributed by atoms with Crippen LogP contribution in [0.2, 0.25) is 0 Å². The van der Waals surface area contributed by atoms with Crippen LogP contribution in [0.25, 0.3) is 0 Å². The molecule has 17 heavy (non-hydrogen) atoms. The van der Waals surface area contributed by atoms with Gasteiger partial charge in [0.25, 0.3) is 0 Å². The van der Waals surface area contributed by atoms with Crippen LogP contribution in [0, 0.1) is 0 Å². The summed E-state index contributed by atoms with van der Waals surface area (Å²) in [4.78, 5) is 21.5. The third-order valence-corrected chi connectivity index (χ3v) is 2.13. The van der Waals surface area contributed by atoms with Crippen molar-refractivity contribution in [3.63, 3.8) is 0 Å². The van der Waals surface area contributed by atoms with E-state index in [1.165, 1.54) is 12.1 Å². The Labute approximate surface area is 98.4 Å². The highest BCUT2D eigenvalue weighted by Crippen LogP contribution is 2.17. The van der Waals surface area contributed by atoms with Crippen molar-refractivity contribution in [3.8, 4) is 0 Å². The summed E-state index contributed by atoms with van der Waals surface area (Å²) in [5.74, 6) is -2.19. The predicted molar refractivity (Wildman–Crippen MR) is 63.4 cm³/mol. The molecule has 0 unspecified atom stereocenters. The van der Waals surface area contributed by atoms with Crippen LogP contribution >= 0.6 is 0 Å². The van der Waals surface area contributed by atoms with Gasteiger partial charge in [0.15, 0.2) is 0 Å². The fraction of sp³-hybridized carbons (Fsp3) is 0.167. The van der Waals surface area contributed by atoms with Crippen LogP contribution < -0.4 is 5.32 Å². The minimum Gasteiger partial charge on any atom is -0.481 e. The molecular formula is C12H13NO4. The van der Waals surface area contributed by atoms with Crippen LogP contribution in [0.4, 0.5) is 5.69 Å². The van der Waals surface area contributed by atoms with E-state index in [2.05, 4.69) is 11.9 Å². The molecule has 0 heterocycles. The average Bonchev–Trinajstić information content (AvgIpc) is 2.25. The molecule has 90 valence electrons. The molecule has 5 nitrogen and oxygen atoms in total. The lowest BCUT2D eigenvalue weighted by atomic mass is 10.0. The Balaban J connectivity index is 3.04. The van der Waals surface area contributed by atoms with Gasteiger partial charge in [0, 0.05) is 12.2 Å². The van der Waals surface area contributed by atoms with E-state index >= 15 is 0 Å². The van der Waals surface area contributed by atoms with E-state index in [1.54, 1.807) is 12.1 Å². The summed E-state index contributed by atoms with van der Waals surface area (Å²) in [6, 6.07) is 4.52. The number of rotatable bonds is 6. The zero-order chi connectivity index (χ0) is 12.8. The number of hydrogen-bond donors (Lipinski definition) is 3. The summed E-state index contributed by atoms with van der Waals surface area (Å²) >= 11 is 0. The first-order valence-electron chi connectivity index (χ1n) is 4.97. The molecule has 3 N–H and O–H groups in total. The summed E-state index contributed by atoms with van der Waals surface area (Å²) < 4.78 is 0. The molecule has 0 aromatic heterocycles. The van der Waals surface area contributed by atoms with Crippen molar-refractivity contribution in [2.75, 3.05) is 11.9 Å². The molecule has 0 aliphatic rings. The normalized spacial score (nSPS) is 9.65. The van der Waals surface area contributed by atoms with Crippen molar-refractivity contribution < 1.29 is 19.8 Å². The van der Waals surface area contributed by atoms with E-state index in [0.717, 1.165) is 0 Å². The van der Waals surface area contributed by atoms with Crippen LogP contribution in [0.5, 0.6) is 0 Å². The van der Waals surface area contributed by atoms with Crippen molar-refractivity contribution in [2.45, 2.75) is 6.42 Å². The quantitative estimate of drug-likeness (QED) is 0.652. The minimum absolute atomic E-state index is 0.0107.